The van der Waals surface area contributed by atoms with E-state index in [2.05, 4.69) is 10.2 Å². The predicted octanol–water partition coefficient (Wildman–Crippen LogP) is 2.68. The van der Waals surface area contributed by atoms with E-state index >= 15 is 0 Å². The maximum atomic E-state index is 11.3. The van der Waals surface area contributed by atoms with Gasteiger partial charge >= 0.3 is 0 Å². The van der Waals surface area contributed by atoms with Gasteiger partial charge in [0.1, 0.15) is 5.75 Å². The van der Waals surface area contributed by atoms with E-state index < -0.39 is 12.0 Å². The summed E-state index contributed by atoms with van der Waals surface area (Å²) in [6.45, 7) is 3.16. The summed E-state index contributed by atoms with van der Waals surface area (Å²) in [5.41, 5.74) is 6.73. The van der Waals surface area contributed by atoms with Crippen molar-refractivity contribution in [3.63, 3.8) is 0 Å². The fourth-order valence-corrected chi connectivity index (χ4v) is 3.04. The van der Waals surface area contributed by atoms with E-state index in [-0.39, 0.29) is 17.4 Å². The number of rotatable bonds is 9. The van der Waals surface area contributed by atoms with Crippen molar-refractivity contribution in [1.82, 2.24) is 5.32 Å². The van der Waals surface area contributed by atoms with Crippen LogP contribution in [0.1, 0.15) is 35.4 Å². The Morgan fingerprint density at radius 2 is 2.00 bits per heavy atom. The molecular formula is C20H26ClN3O3. The third-order valence-corrected chi connectivity index (χ3v) is 4.81. The highest BCUT2D eigenvalue weighted by molar-refractivity contribution is 6.33. The molecule has 2 rings (SSSR count). The van der Waals surface area contributed by atoms with Crippen LogP contribution in [-0.2, 0) is 0 Å². The van der Waals surface area contributed by atoms with Gasteiger partial charge in [0.2, 0.25) is 0 Å². The molecule has 0 aliphatic carbocycles. The Morgan fingerprint density at radius 3 is 2.67 bits per heavy atom. The number of halogens is 1. The largest absolute Gasteiger partial charge is 0.507 e. The molecule has 6 nitrogen and oxygen atoms in total. The number of nitrogens with zero attached hydrogens (tertiary/aromatic N) is 1. The fourth-order valence-electron chi connectivity index (χ4n) is 2.76. The molecule has 27 heavy (non-hydrogen) atoms. The molecule has 7 heteroatoms. The van der Waals surface area contributed by atoms with Crippen LogP contribution in [0.2, 0.25) is 5.02 Å². The van der Waals surface area contributed by atoms with Crippen molar-refractivity contribution in [1.29, 1.82) is 0 Å². The van der Waals surface area contributed by atoms with Gasteiger partial charge in [0.05, 0.1) is 22.4 Å². The Kier molecular flexibility index (Phi) is 7.47. The summed E-state index contributed by atoms with van der Waals surface area (Å²) in [5.74, 6) is -0.923. The van der Waals surface area contributed by atoms with E-state index in [1.807, 2.05) is 38.2 Å². The maximum absolute atomic E-state index is 11.3. The van der Waals surface area contributed by atoms with E-state index in [9.17, 15) is 15.0 Å². The number of para-hydroxylation sites is 1. The molecule has 0 saturated carbocycles. The molecule has 2 unspecified atom stereocenters. The van der Waals surface area contributed by atoms with Crippen molar-refractivity contribution < 1.29 is 15.0 Å². The number of hydrogen-bond donors (Lipinski definition) is 4. The van der Waals surface area contributed by atoms with Gasteiger partial charge in [-0.2, -0.15) is 0 Å². The van der Waals surface area contributed by atoms with Crippen molar-refractivity contribution in [2.45, 2.75) is 25.5 Å². The second-order valence-electron chi connectivity index (χ2n) is 6.63. The van der Waals surface area contributed by atoms with Crippen LogP contribution >= 0.6 is 11.6 Å². The lowest BCUT2D eigenvalue weighted by Gasteiger charge is -2.23. The highest BCUT2D eigenvalue weighted by Crippen LogP contribution is 2.24. The van der Waals surface area contributed by atoms with Gasteiger partial charge in [0.25, 0.3) is 5.91 Å². The van der Waals surface area contributed by atoms with Crippen LogP contribution in [-0.4, -0.2) is 42.3 Å². The lowest BCUT2D eigenvalue weighted by atomic mass is 10.0. The van der Waals surface area contributed by atoms with Gasteiger partial charge in [-0.05, 0) is 43.2 Å². The molecule has 0 bridgehead atoms. The summed E-state index contributed by atoms with van der Waals surface area (Å²) in [7, 11) is 1.99. The average Bonchev–Trinajstić information content (AvgIpc) is 2.64. The number of benzene rings is 2. The van der Waals surface area contributed by atoms with E-state index in [1.54, 1.807) is 6.07 Å². The molecule has 2 atom stereocenters. The molecule has 0 fully saturated rings. The van der Waals surface area contributed by atoms with Crippen molar-refractivity contribution in [3.8, 4) is 5.75 Å². The minimum absolute atomic E-state index is 0.000892. The zero-order valence-electron chi connectivity index (χ0n) is 15.5. The summed E-state index contributed by atoms with van der Waals surface area (Å²) in [6, 6.07) is 12.2. The van der Waals surface area contributed by atoms with E-state index in [4.69, 9.17) is 17.3 Å². The number of aromatic hydroxyl groups is 1. The van der Waals surface area contributed by atoms with Crippen molar-refractivity contribution >= 4 is 23.2 Å². The Bertz CT molecular complexity index is 785. The molecule has 0 spiro atoms. The SMILES string of the molecule is CC(CCN(C)c1ccccc1Cl)NCC(O)c1ccc(O)c(C(N)=O)c1. The normalized spacial score (nSPS) is 13.2. The number of nitrogens with two attached hydrogens (primary N) is 1. The minimum Gasteiger partial charge on any atom is -0.507 e. The number of carbonyl (C=O) groups excluding carboxylic acids is 1. The zero-order valence-corrected chi connectivity index (χ0v) is 16.3. The summed E-state index contributed by atoms with van der Waals surface area (Å²) in [5, 5.41) is 24.0. The Morgan fingerprint density at radius 1 is 1.30 bits per heavy atom. The molecule has 2 aromatic carbocycles. The van der Waals surface area contributed by atoms with Crippen LogP contribution in [0.5, 0.6) is 5.75 Å². The van der Waals surface area contributed by atoms with Gasteiger partial charge in [0, 0.05) is 26.2 Å². The molecule has 2 aromatic rings. The first-order valence-corrected chi connectivity index (χ1v) is 9.17. The van der Waals surface area contributed by atoms with Crippen LogP contribution in [0.15, 0.2) is 42.5 Å². The zero-order chi connectivity index (χ0) is 20.0. The van der Waals surface area contributed by atoms with Crippen LogP contribution in [0, 0.1) is 0 Å². The summed E-state index contributed by atoms with van der Waals surface area (Å²) in [4.78, 5) is 13.4. The van der Waals surface area contributed by atoms with Gasteiger partial charge in [-0.1, -0.05) is 29.8 Å². The van der Waals surface area contributed by atoms with Crippen LogP contribution in [0.3, 0.4) is 0 Å². The Labute approximate surface area is 164 Å². The quantitative estimate of drug-likeness (QED) is 0.526. The number of hydrogen-bond acceptors (Lipinski definition) is 5. The second-order valence-corrected chi connectivity index (χ2v) is 7.03. The maximum Gasteiger partial charge on any atom is 0.252 e. The molecule has 0 saturated heterocycles. The number of primary amides is 1. The average molecular weight is 392 g/mol. The van der Waals surface area contributed by atoms with Crippen molar-refractivity contribution in [3.05, 3.63) is 58.6 Å². The number of nitrogens with one attached hydrogen (secondary N) is 1. The molecule has 0 aliphatic heterocycles. The Hall–Kier alpha value is -2.28. The number of phenols is 1. The first kappa shape index (κ1) is 21.0. The van der Waals surface area contributed by atoms with Gasteiger partial charge in [-0.15, -0.1) is 0 Å². The van der Waals surface area contributed by atoms with Crippen LogP contribution < -0.4 is 16.0 Å². The third-order valence-electron chi connectivity index (χ3n) is 4.49. The molecule has 0 radical (unpaired) electrons. The Balaban J connectivity index is 1.84. The number of aliphatic hydroxyl groups is 1. The van der Waals surface area contributed by atoms with Crippen molar-refractivity contribution in [2.75, 3.05) is 25.0 Å². The topological polar surface area (TPSA) is 98.8 Å². The first-order valence-electron chi connectivity index (χ1n) is 8.79. The third kappa shape index (κ3) is 5.85. The highest BCUT2D eigenvalue weighted by atomic mass is 35.5. The molecule has 0 aromatic heterocycles. The summed E-state index contributed by atoms with van der Waals surface area (Å²) < 4.78 is 0. The number of anilines is 1. The molecule has 1 amide bonds. The van der Waals surface area contributed by atoms with Crippen molar-refractivity contribution in [2.24, 2.45) is 5.73 Å². The molecular weight excluding hydrogens is 366 g/mol. The first-order chi connectivity index (χ1) is 12.8. The van der Waals surface area contributed by atoms with E-state index in [1.165, 1.54) is 12.1 Å². The number of aliphatic hydroxyl groups excluding tert-OH is 1. The van der Waals surface area contributed by atoms with E-state index in [0.29, 0.717) is 17.1 Å². The van der Waals surface area contributed by atoms with Crippen LogP contribution in [0.25, 0.3) is 0 Å². The standard InChI is InChI=1S/C20H26ClN3O3/c1-13(9-10-24(2)17-6-4-3-5-16(17)21)23-12-19(26)14-7-8-18(25)15(11-14)20(22)27/h3-8,11,13,19,23,25-26H,9-10,12H2,1-2H3,(H2,22,27). The van der Waals surface area contributed by atoms with Gasteiger partial charge in [0.15, 0.2) is 0 Å². The molecule has 146 valence electrons. The van der Waals surface area contributed by atoms with Gasteiger partial charge in [-0.25, -0.2) is 0 Å². The highest BCUT2D eigenvalue weighted by Gasteiger charge is 2.15. The lowest BCUT2D eigenvalue weighted by Crippen LogP contribution is -2.33. The lowest BCUT2D eigenvalue weighted by molar-refractivity contribution is 0.0997. The fraction of sp³-hybridized carbons (Fsp3) is 0.350. The number of amides is 1. The summed E-state index contributed by atoms with van der Waals surface area (Å²) >= 11 is 6.21. The van der Waals surface area contributed by atoms with Gasteiger partial charge in [-0.3, -0.25) is 4.79 Å². The monoisotopic (exact) mass is 391 g/mol. The van der Waals surface area contributed by atoms with Gasteiger partial charge < -0.3 is 26.2 Å². The predicted molar refractivity (Wildman–Crippen MR) is 108 cm³/mol. The van der Waals surface area contributed by atoms with Crippen LogP contribution in [0.4, 0.5) is 5.69 Å². The molecule has 5 N–H and O–H groups in total. The van der Waals surface area contributed by atoms with E-state index in [0.717, 1.165) is 18.7 Å². The number of carbonyl (C=O) groups is 1. The molecule has 0 aliphatic rings. The summed E-state index contributed by atoms with van der Waals surface area (Å²) in [6.07, 6.45) is 0.0451. The second kappa shape index (κ2) is 9.60. The smallest absolute Gasteiger partial charge is 0.252 e. The molecule has 0 heterocycles. The minimum atomic E-state index is -0.813.